The first-order valence-electron chi connectivity index (χ1n) is 7.94. The predicted octanol–water partition coefficient (Wildman–Crippen LogP) is 4.77. The fourth-order valence-electron chi connectivity index (χ4n) is 2.15. The molecule has 1 aliphatic heterocycles. The Morgan fingerprint density at radius 2 is 1.36 bits per heavy atom. The lowest BCUT2D eigenvalue weighted by Crippen LogP contribution is -2.70. The van der Waals surface area contributed by atoms with Gasteiger partial charge in [-0.05, 0) is 26.7 Å². The summed E-state index contributed by atoms with van der Waals surface area (Å²) < 4.78 is 86.4. The van der Waals surface area contributed by atoms with Crippen LogP contribution in [0.2, 0.25) is 26.2 Å². The molecule has 0 radical (unpaired) electrons. The van der Waals surface area contributed by atoms with Gasteiger partial charge in [-0.2, -0.15) is 26.3 Å². The zero-order chi connectivity index (χ0) is 20.3. The summed E-state index contributed by atoms with van der Waals surface area (Å²) in [4.78, 5) is 0. The zero-order valence-electron chi connectivity index (χ0n) is 15.4. The molecule has 0 saturated carbocycles. The smallest absolute Gasteiger partial charge is 0.379 e. The Morgan fingerprint density at radius 3 is 1.64 bits per heavy atom. The molecule has 152 valence electrons. The molecule has 1 atom stereocenters. The highest BCUT2D eigenvalue weighted by Gasteiger charge is 2.77. The summed E-state index contributed by atoms with van der Waals surface area (Å²) in [6.07, 6.45) is -12.0. The van der Waals surface area contributed by atoms with Crippen molar-refractivity contribution in [2.75, 3.05) is 13.2 Å². The van der Waals surface area contributed by atoms with E-state index in [4.69, 9.17) is 9.47 Å². The summed E-state index contributed by atoms with van der Waals surface area (Å²) in [5, 5.41) is 9.33. The van der Waals surface area contributed by atoms with Crippen molar-refractivity contribution in [1.29, 1.82) is 0 Å². The third-order valence-electron chi connectivity index (χ3n) is 3.27. The van der Waals surface area contributed by atoms with Crippen molar-refractivity contribution in [2.24, 2.45) is 0 Å². The van der Waals surface area contributed by atoms with E-state index in [-0.39, 0.29) is 13.0 Å². The maximum Gasteiger partial charge on any atom is 0.429 e. The molecule has 3 nitrogen and oxygen atoms in total. The Labute approximate surface area is 145 Å². The number of halogens is 6. The van der Waals surface area contributed by atoms with Crippen molar-refractivity contribution >= 4 is 8.07 Å². The Kier molecular flexibility index (Phi) is 8.03. The minimum Gasteiger partial charge on any atom is -0.379 e. The first-order chi connectivity index (χ1) is 10.8. The van der Waals surface area contributed by atoms with E-state index in [1.807, 2.05) is 0 Å². The van der Waals surface area contributed by atoms with Crippen LogP contribution in [0.25, 0.3) is 0 Å². The molecule has 1 rings (SSSR count). The van der Waals surface area contributed by atoms with Crippen LogP contribution in [0.5, 0.6) is 0 Å². The maximum atomic E-state index is 12.8. The highest BCUT2D eigenvalue weighted by molar-refractivity contribution is 6.74. The molecule has 0 amide bonds. The SMILES string of the molecule is CC(C)(OC1CCCOC1)C(O)(C(F)(F)F)C(F)(F)F.C[Si](C)(C)C. The third-order valence-corrected chi connectivity index (χ3v) is 3.27. The summed E-state index contributed by atoms with van der Waals surface area (Å²) in [5.41, 5.74) is -7.85. The lowest BCUT2D eigenvalue weighted by atomic mass is 9.83. The Balaban J connectivity index is 0.00000101. The standard InChI is InChI=1S/C11H16F6O3.C4H12Si/c1-8(2,20-7-4-3-5-19-6-7)9(18,10(12,13)14)11(15,16)17;1-5(2,3)4/h7,18H,3-6H2,1-2H3;1-4H3. The van der Waals surface area contributed by atoms with Crippen LogP contribution in [0.15, 0.2) is 0 Å². The van der Waals surface area contributed by atoms with Crippen LogP contribution in [0.1, 0.15) is 26.7 Å². The molecule has 1 unspecified atom stereocenters. The zero-order valence-corrected chi connectivity index (χ0v) is 16.4. The van der Waals surface area contributed by atoms with E-state index in [1.165, 1.54) is 0 Å². The lowest BCUT2D eigenvalue weighted by molar-refractivity contribution is -0.416. The number of aliphatic hydroxyl groups is 1. The molecule has 0 spiro atoms. The molecule has 0 aromatic carbocycles. The number of hydrogen-bond acceptors (Lipinski definition) is 3. The second kappa shape index (κ2) is 8.14. The van der Waals surface area contributed by atoms with E-state index in [0.717, 1.165) is 0 Å². The van der Waals surface area contributed by atoms with Gasteiger partial charge in [-0.3, -0.25) is 0 Å². The molecule has 0 aromatic rings. The fourth-order valence-corrected chi connectivity index (χ4v) is 2.15. The average Bonchev–Trinajstić information content (AvgIpc) is 2.33. The third kappa shape index (κ3) is 7.07. The van der Waals surface area contributed by atoms with Gasteiger partial charge in [0.1, 0.15) is 5.60 Å². The van der Waals surface area contributed by atoms with Gasteiger partial charge in [-0.1, -0.05) is 26.2 Å². The molecule has 1 aliphatic rings. The van der Waals surface area contributed by atoms with Crippen LogP contribution in [0, 0.1) is 0 Å². The van der Waals surface area contributed by atoms with Gasteiger partial charge < -0.3 is 14.6 Å². The number of hydrogen-bond donors (Lipinski definition) is 1. The van der Waals surface area contributed by atoms with Crippen molar-refractivity contribution in [2.45, 2.75) is 82.5 Å². The number of rotatable bonds is 3. The van der Waals surface area contributed by atoms with Gasteiger partial charge in [0.15, 0.2) is 0 Å². The van der Waals surface area contributed by atoms with Crippen molar-refractivity contribution in [3.63, 3.8) is 0 Å². The van der Waals surface area contributed by atoms with Gasteiger partial charge >= 0.3 is 12.4 Å². The van der Waals surface area contributed by atoms with Crippen molar-refractivity contribution in [1.82, 2.24) is 0 Å². The van der Waals surface area contributed by atoms with Gasteiger partial charge in [0.05, 0.1) is 12.7 Å². The van der Waals surface area contributed by atoms with Gasteiger partial charge in [0.25, 0.3) is 5.60 Å². The molecule has 10 heteroatoms. The van der Waals surface area contributed by atoms with E-state index in [1.54, 1.807) is 0 Å². The molecular formula is C15H28F6O3Si. The lowest BCUT2D eigenvalue weighted by Gasteiger charge is -2.45. The van der Waals surface area contributed by atoms with Crippen LogP contribution in [0.3, 0.4) is 0 Å². The van der Waals surface area contributed by atoms with Crippen LogP contribution in [0.4, 0.5) is 26.3 Å². The summed E-state index contributed by atoms with van der Waals surface area (Å²) in [7, 11) is -0.611. The second-order valence-corrected chi connectivity index (χ2v) is 14.2. The number of ether oxygens (including phenoxy) is 2. The second-order valence-electron chi connectivity index (χ2n) is 8.17. The Hall–Kier alpha value is -0.323. The molecule has 1 saturated heterocycles. The van der Waals surface area contributed by atoms with E-state index in [2.05, 4.69) is 26.2 Å². The van der Waals surface area contributed by atoms with Gasteiger partial charge in [0, 0.05) is 14.7 Å². The van der Waals surface area contributed by atoms with E-state index < -0.39 is 37.7 Å². The molecule has 0 bridgehead atoms. The molecule has 0 aromatic heterocycles. The van der Waals surface area contributed by atoms with Gasteiger partial charge in [-0.15, -0.1) is 0 Å². The van der Waals surface area contributed by atoms with Crippen molar-refractivity contribution < 1.29 is 40.9 Å². The number of alkyl halides is 6. The minimum atomic E-state index is -5.91. The minimum absolute atomic E-state index is 0.102. The molecule has 1 heterocycles. The summed E-state index contributed by atoms with van der Waals surface area (Å²) in [6.45, 7) is 10.7. The molecule has 0 aliphatic carbocycles. The van der Waals surface area contributed by atoms with Crippen LogP contribution < -0.4 is 0 Å². The van der Waals surface area contributed by atoms with Crippen LogP contribution in [-0.4, -0.2) is 56.1 Å². The van der Waals surface area contributed by atoms with Crippen molar-refractivity contribution in [3.8, 4) is 0 Å². The summed E-state index contributed by atoms with van der Waals surface area (Å²) >= 11 is 0. The fraction of sp³-hybridized carbons (Fsp3) is 1.00. The first kappa shape index (κ1) is 24.7. The Bertz CT molecular complexity index is 389. The topological polar surface area (TPSA) is 38.7 Å². The summed E-state index contributed by atoms with van der Waals surface area (Å²) in [6, 6.07) is 0. The van der Waals surface area contributed by atoms with Crippen molar-refractivity contribution in [3.05, 3.63) is 0 Å². The quantitative estimate of drug-likeness (QED) is 0.550. The van der Waals surface area contributed by atoms with Gasteiger partial charge in [0.2, 0.25) is 0 Å². The normalized spacial score (nSPS) is 20.8. The van der Waals surface area contributed by atoms with Gasteiger partial charge in [-0.25, -0.2) is 0 Å². The summed E-state index contributed by atoms with van der Waals surface area (Å²) in [5.74, 6) is 0. The van der Waals surface area contributed by atoms with E-state index >= 15 is 0 Å². The van der Waals surface area contributed by atoms with E-state index in [9.17, 15) is 31.4 Å². The molecule has 1 fully saturated rings. The molecule has 25 heavy (non-hydrogen) atoms. The highest BCUT2D eigenvalue weighted by Crippen LogP contribution is 2.51. The first-order valence-corrected chi connectivity index (χ1v) is 11.9. The molecule has 1 N–H and O–H groups in total. The predicted molar refractivity (Wildman–Crippen MR) is 85.3 cm³/mol. The van der Waals surface area contributed by atoms with Crippen LogP contribution in [-0.2, 0) is 9.47 Å². The largest absolute Gasteiger partial charge is 0.429 e. The highest BCUT2D eigenvalue weighted by atomic mass is 28.3. The average molecular weight is 398 g/mol. The monoisotopic (exact) mass is 398 g/mol. The maximum absolute atomic E-state index is 12.8. The van der Waals surface area contributed by atoms with E-state index in [0.29, 0.717) is 26.9 Å². The van der Waals surface area contributed by atoms with Crippen LogP contribution >= 0.6 is 0 Å². The molecular weight excluding hydrogens is 370 g/mol. The Morgan fingerprint density at radius 1 is 0.960 bits per heavy atom.